The predicted octanol–water partition coefficient (Wildman–Crippen LogP) is 9.57. The van der Waals surface area contributed by atoms with E-state index in [-0.39, 0.29) is 63.3 Å². The largest absolute Gasteiger partial charge is 0.462 e. The number of rotatable bonds is 9. The van der Waals surface area contributed by atoms with Crippen LogP contribution in [0.3, 0.4) is 0 Å². The standard InChI is InChI=1S/C49H72N2O5/c1-32(2)42-38(53)28-49(44(54)51-27-13-16-35(51)29-50-26-12-17-36(50)31-55-30-34-14-10-9-11-15-34)25-24-47(7)37(43(42)49)18-19-40-46(6)22-21-41(56-33(3)52)45(4,5)39(46)20-23-48(40,47)8/h9-11,14-15,32,35-37,39-41H,12-13,16-31H2,1-8H3. The lowest BCUT2D eigenvalue weighted by Gasteiger charge is -2.72. The molecule has 6 fully saturated rings. The number of carbonyl (C=O) groups excluding carboxylic acids is 3. The predicted molar refractivity (Wildman–Crippen MR) is 220 cm³/mol. The van der Waals surface area contributed by atoms with E-state index in [4.69, 9.17) is 9.47 Å². The maximum atomic E-state index is 15.5. The fraction of sp³-hybridized carbons (Fsp3) is 0.776. The maximum Gasteiger partial charge on any atom is 0.302 e. The maximum absolute atomic E-state index is 15.5. The Kier molecular flexibility index (Phi) is 10.5. The van der Waals surface area contributed by atoms with Gasteiger partial charge in [0.1, 0.15) is 6.10 Å². The molecule has 0 bridgehead atoms. The van der Waals surface area contributed by atoms with E-state index in [0.717, 1.165) is 102 Å². The fourth-order valence-electron chi connectivity index (χ4n) is 15.3. The minimum atomic E-state index is -0.693. The second kappa shape index (κ2) is 14.6. The molecule has 1 aromatic rings. The molecule has 10 unspecified atom stereocenters. The molecule has 7 nitrogen and oxygen atoms in total. The van der Waals surface area contributed by atoms with Crippen LogP contribution in [0, 0.1) is 50.7 Å². The third-order valence-electron chi connectivity index (χ3n) is 18.1. The molecule has 2 aliphatic heterocycles. The third kappa shape index (κ3) is 6.20. The highest BCUT2D eigenvalue weighted by atomic mass is 16.5. The van der Waals surface area contributed by atoms with Crippen molar-refractivity contribution in [1.82, 2.24) is 9.80 Å². The first kappa shape index (κ1) is 40.3. The van der Waals surface area contributed by atoms with E-state index < -0.39 is 5.41 Å². The summed E-state index contributed by atoms with van der Waals surface area (Å²) in [4.78, 5) is 47.0. The SMILES string of the molecule is CC(=O)OC1CCC2(C)C(CCC3(C)C2CCC2C4=C(C(C)C)C(=O)CC4(C(=O)N4CCCC4CN4CCCC4COCc4ccccc4)CCC23C)C1(C)C. The molecule has 10 atom stereocenters. The zero-order valence-corrected chi connectivity index (χ0v) is 36.1. The number of likely N-dealkylation sites (tertiary alicyclic amines) is 2. The van der Waals surface area contributed by atoms with Crippen molar-refractivity contribution < 1.29 is 23.9 Å². The van der Waals surface area contributed by atoms with Crippen LogP contribution in [0.1, 0.15) is 144 Å². The minimum Gasteiger partial charge on any atom is -0.462 e. The van der Waals surface area contributed by atoms with Gasteiger partial charge in [-0.05, 0) is 140 Å². The Morgan fingerprint density at radius 1 is 0.821 bits per heavy atom. The number of nitrogens with zero attached hydrogens (tertiary/aromatic N) is 2. The molecule has 5 aliphatic carbocycles. The summed E-state index contributed by atoms with van der Waals surface area (Å²) in [5.41, 5.74) is 3.00. The van der Waals surface area contributed by atoms with Gasteiger partial charge in [0, 0.05) is 43.9 Å². The van der Waals surface area contributed by atoms with Crippen LogP contribution in [-0.4, -0.2) is 71.9 Å². The Labute approximate surface area is 338 Å². The van der Waals surface area contributed by atoms with Gasteiger partial charge in [-0.1, -0.05) is 78.8 Å². The van der Waals surface area contributed by atoms with Crippen LogP contribution in [0.4, 0.5) is 0 Å². The quantitative estimate of drug-likeness (QED) is 0.233. The van der Waals surface area contributed by atoms with E-state index in [9.17, 15) is 9.59 Å². The molecule has 2 saturated heterocycles. The summed E-state index contributed by atoms with van der Waals surface area (Å²) < 4.78 is 12.2. The van der Waals surface area contributed by atoms with E-state index in [1.54, 1.807) is 6.92 Å². The molecule has 0 radical (unpaired) electrons. The van der Waals surface area contributed by atoms with Crippen molar-refractivity contribution in [1.29, 1.82) is 0 Å². The van der Waals surface area contributed by atoms with Crippen molar-refractivity contribution in [3.63, 3.8) is 0 Å². The molecule has 1 aromatic carbocycles. The van der Waals surface area contributed by atoms with Gasteiger partial charge in [-0.2, -0.15) is 0 Å². The minimum absolute atomic E-state index is 0.0115. The van der Waals surface area contributed by atoms with Crippen molar-refractivity contribution >= 4 is 17.7 Å². The number of benzene rings is 1. The summed E-state index contributed by atoms with van der Waals surface area (Å²) in [6, 6.07) is 11.0. The second-order valence-electron chi connectivity index (χ2n) is 21.3. The molecule has 308 valence electrons. The van der Waals surface area contributed by atoms with Gasteiger partial charge < -0.3 is 14.4 Å². The molecule has 56 heavy (non-hydrogen) atoms. The Morgan fingerprint density at radius 2 is 1.55 bits per heavy atom. The normalized spacial score (nSPS) is 40.7. The van der Waals surface area contributed by atoms with Gasteiger partial charge >= 0.3 is 5.97 Å². The van der Waals surface area contributed by atoms with Gasteiger partial charge in [0.15, 0.2) is 5.78 Å². The average Bonchev–Trinajstić information content (AvgIpc) is 3.87. The zero-order chi connectivity index (χ0) is 39.8. The second-order valence-corrected chi connectivity index (χ2v) is 21.3. The van der Waals surface area contributed by atoms with Crippen LogP contribution in [0.15, 0.2) is 41.5 Å². The molecular weight excluding hydrogens is 697 g/mol. The summed E-state index contributed by atoms with van der Waals surface area (Å²) in [5, 5.41) is 0. The van der Waals surface area contributed by atoms with Gasteiger partial charge in [-0.3, -0.25) is 19.3 Å². The fourth-order valence-corrected chi connectivity index (χ4v) is 15.3. The first-order valence-electron chi connectivity index (χ1n) is 22.7. The van der Waals surface area contributed by atoms with E-state index >= 15 is 4.79 Å². The number of hydrogen-bond acceptors (Lipinski definition) is 6. The van der Waals surface area contributed by atoms with Crippen LogP contribution in [-0.2, 0) is 30.5 Å². The summed E-state index contributed by atoms with van der Waals surface area (Å²) in [6.07, 6.45) is 13.0. The third-order valence-corrected chi connectivity index (χ3v) is 18.1. The highest BCUT2D eigenvalue weighted by Gasteiger charge is 2.71. The molecule has 7 aliphatic rings. The van der Waals surface area contributed by atoms with Crippen molar-refractivity contribution in [3.8, 4) is 0 Å². The number of fused-ring (bicyclic) bond motifs is 7. The molecule has 0 spiro atoms. The number of Topliss-reactive ketones (excluding diaryl/α,β-unsaturated/α-hetero) is 1. The number of allylic oxidation sites excluding steroid dienone is 1. The van der Waals surface area contributed by atoms with E-state index in [0.29, 0.717) is 30.9 Å². The molecule has 4 saturated carbocycles. The van der Waals surface area contributed by atoms with E-state index in [1.165, 1.54) is 17.6 Å². The number of amides is 1. The lowest BCUT2D eigenvalue weighted by atomic mass is 9.33. The highest BCUT2D eigenvalue weighted by Crippen LogP contribution is 2.77. The van der Waals surface area contributed by atoms with E-state index in [1.807, 2.05) is 6.07 Å². The Bertz CT molecular complexity index is 1720. The molecule has 1 amide bonds. The smallest absolute Gasteiger partial charge is 0.302 e. The lowest BCUT2D eigenvalue weighted by molar-refractivity contribution is -0.232. The summed E-state index contributed by atoms with van der Waals surface area (Å²) in [6.45, 7) is 22.6. The van der Waals surface area contributed by atoms with Crippen molar-refractivity contribution in [3.05, 3.63) is 47.0 Å². The topological polar surface area (TPSA) is 76.2 Å². The average molecular weight is 769 g/mol. The number of esters is 1. The first-order valence-corrected chi connectivity index (χ1v) is 22.7. The lowest BCUT2D eigenvalue weighted by Crippen LogP contribution is -2.66. The Morgan fingerprint density at radius 3 is 2.29 bits per heavy atom. The molecular formula is C49H72N2O5. The molecule has 7 heteroatoms. The molecule has 2 heterocycles. The van der Waals surface area contributed by atoms with Crippen molar-refractivity contribution in [2.75, 3.05) is 26.2 Å². The van der Waals surface area contributed by atoms with Gasteiger partial charge in [0.2, 0.25) is 5.91 Å². The van der Waals surface area contributed by atoms with Crippen LogP contribution in [0.2, 0.25) is 0 Å². The molecule has 0 N–H and O–H groups in total. The highest BCUT2D eigenvalue weighted by molar-refractivity contribution is 6.07. The number of carbonyl (C=O) groups is 3. The number of hydrogen-bond donors (Lipinski definition) is 0. The van der Waals surface area contributed by atoms with Crippen molar-refractivity contribution in [2.45, 2.75) is 164 Å². The Hall–Kier alpha value is -2.51. The van der Waals surface area contributed by atoms with Gasteiger partial charge in [-0.25, -0.2) is 0 Å². The van der Waals surface area contributed by atoms with Gasteiger partial charge in [0.05, 0.1) is 18.6 Å². The summed E-state index contributed by atoms with van der Waals surface area (Å²) in [7, 11) is 0. The van der Waals surface area contributed by atoms with Crippen LogP contribution in [0.5, 0.6) is 0 Å². The Balaban J connectivity index is 1.04. The van der Waals surface area contributed by atoms with Crippen LogP contribution < -0.4 is 0 Å². The van der Waals surface area contributed by atoms with Gasteiger partial charge in [0.25, 0.3) is 0 Å². The monoisotopic (exact) mass is 769 g/mol. The van der Waals surface area contributed by atoms with Crippen LogP contribution >= 0.6 is 0 Å². The summed E-state index contributed by atoms with van der Waals surface area (Å²) >= 11 is 0. The number of ketones is 1. The van der Waals surface area contributed by atoms with Gasteiger partial charge in [-0.15, -0.1) is 0 Å². The summed E-state index contributed by atoms with van der Waals surface area (Å²) in [5.74, 6) is 1.77. The van der Waals surface area contributed by atoms with E-state index in [2.05, 4.69) is 82.5 Å². The first-order chi connectivity index (χ1) is 26.6. The molecule has 0 aromatic heterocycles. The number of ether oxygens (including phenoxy) is 2. The van der Waals surface area contributed by atoms with Crippen LogP contribution in [0.25, 0.3) is 0 Å². The zero-order valence-electron chi connectivity index (χ0n) is 36.1. The molecule has 8 rings (SSSR count). The van der Waals surface area contributed by atoms with Crippen molar-refractivity contribution in [2.24, 2.45) is 50.7 Å².